The van der Waals surface area contributed by atoms with E-state index in [0.29, 0.717) is 17.7 Å². The lowest BCUT2D eigenvalue weighted by molar-refractivity contribution is 0.0912. The number of ether oxygens (including phenoxy) is 1. The van der Waals surface area contributed by atoms with Crippen molar-refractivity contribution >= 4 is 21.6 Å². The lowest BCUT2D eigenvalue weighted by Crippen LogP contribution is -2.45. The van der Waals surface area contributed by atoms with Gasteiger partial charge in [-0.15, -0.1) is 0 Å². The molecule has 162 valence electrons. The molecule has 31 heavy (non-hydrogen) atoms. The first-order valence-corrected chi connectivity index (χ1v) is 11.3. The van der Waals surface area contributed by atoms with Gasteiger partial charge in [0.2, 0.25) is 0 Å². The van der Waals surface area contributed by atoms with Gasteiger partial charge in [0.05, 0.1) is 12.0 Å². The van der Waals surface area contributed by atoms with E-state index in [1.54, 1.807) is 37.4 Å². The van der Waals surface area contributed by atoms with E-state index in [-0.39, 0.29) is 10.8 Å². The Morgan fingerprint density at radius 1 is 0.903 bits per heavy atom. The molecule has 0 aliphatic rings. The van der Waals surface area contributed by atoms with E-state index in [2.05, 4.69) is 10.0 Å². The van der Waals surface area contributed by atoms with Gasteiger partial charge in [-0.2, -0.15) is 0 Å². The molecule has 3 rings (SSSR count). The summed E-state index contributed by atoms with van der Waals surface area (Å²) in [5.41, 5.74) is 1.31. The van der Waals surface area contributed by atoms with E-state index in [1.807, 2.05) is 38.1 Å². The van der Waals surface area contributed by atoms with Crippen LogP contribution >= 0.6 is 0 Å². The maximum Gasteiger partial charge on any atom is 0.261 e. The monoisotopic (exact) mass is 438 g/mol. The van der Waals surface area contributed by atoms with Crippen LogP contribution in [0.15, 0.2) is 83.8 Å². The standard InChI is InChI=1S/C24H26N2O4S/c1-24(2,17-19-9-7-8-12-22(19)30-3)25-23(27)18-13-15-21(16-14-18)31(28,29)26-20-10-5-4-6-11-20/h4-16,26H,17H2,1-3H3,(H,25,27). The second kappa shape index (κ2) is 9.22. The molecular formula is C24H26N2O4S. The maximum atomic E-state index is 12.7. The van der Waals surface area contributed by atoms with Gasteiger partial charge in [-0.05, 0) is 68.3 Å². The number of benzene rings is 3. The largest absolute Gasteiger partial charge is 0.496 e. The van der Waals surface area contributed by atoms with E-state index >= 15 is 0 Å². The number of nitrogens with one attached hydrogen (secondary N) is 2. The zero-order valence-corrected chi connectivity index (χ0v) is 18.6. The molecule has 0 heterocycles. The third-order valence-electron chi connectivity index (χ3n) is 4.73. The molecule has 0 radical (unpaired) electrons. The SMILES string of the molecule is COc1ccccc1CC(C)(C)NC(=O)c1ccc(S(=O)(=O)Nc2ccccc2)cc1. The zero-order valence-electron chi connectivity index (χ0n) is 17.8. The number of amides is 1. The second-order valence-corrected chi connectivity index (χ2v) is 9.50. The molecule has 0 saturated carbocycles. The van der Waals surface area contributed by atoms with Gasteiger partial charge in [0.1, 0.15) is 5.75 Å². The molecule has 7 heteroatoms. The Balaban J connectivity index is 1.69. The summed E-state index contributed by atoms with van der Waals surface area (Å²) in [5, 5.41) is 3.01. The van der Waals surface area contributed by atoms with Gasteiger partial charge in [-0.3, -0.25) is 9.52 Å². The number of anilines is 1. The molecule has 0 aliphatic heterocycles. The van der Waals surface area contributed by atoms with Crippen LogP contribution in [0.2, 0.25) is 0 Å². The number of hydrogen-bond acceptors (Lipinski definition) is 4. The molecule has 0 spiro atoms. The first kappa shape index (κ1) is 22.4. The van der Waals surface area contributed by atoms with E-state index < -0.39 is 15.6 Å². The minimum atomic E-state index is -3.73. The van der Waals surface area contributed by atoms with Crippen LogP contribution in [0.4, 0.5) is 5.69 Å². The third kappa shape index (κ3) is 5.86. The molecule has 0 unspecified atom stereocenters. The zero-order chi connectivity index (χ0) is 22.5. The van der Waals surface area contributed by atoms with Crippen LogP contribution in [0, 0.1) is 0 Å². The summed E-state index contributed by atoms with van der Waals surface area (Å²) < 4.78 is 33.0. The number of carbonyl (C=O) groups excluding carboxylic acids is 1. The van der Waals surface area contributed by atoms with Crippen molar-refractivity contribution in [3.05, 3.63) is 90.0 Å². The normalized spacial score (nSPS) is 11.6. The van der Waals surface area contributed by atoms with Crippen LogP contribution in [-0.2, 0) is 16.4 Å². The summed E-state index contributed by atoms with van der Waals surface area (Å²) in [6, 6.07) is 22.2. The van der Waals surface area contributed by atoms with Gasteiger partial charge in [0.25, 0.3) is 15.9 Å². The number of methoxy groups -OCH3 is 1. The number of sulfonamides is 1. The molecule has 3 aromatic rings. The highest BCUT2D eigenvalue weighted by atomic mass is 32.2. The molecule has 0 atom stereocenters. The van der Waals surface area contributed by atoms with Crippen molar-refractivity contribution in [3.63, 3.8) is 0 Å². The van der Waals surface area contributed by atoms with Crippen LogP contribution in [0.1, 0.15) is 29.8 Å². The Morgan fingerprint density at radius 3 is 2.16 bits per heavy atom. The lowest BCUT2D eigenvalue weighted by atomic mass is 9.94. The van der Waals surface area contributed by atoms with Gasteiger partial charge >= 0.3 is 0 Å². The predicted molar refractivity (Wildman–Crippen MR) is 122 cm³/mol. The van der Waals surface area contributed by atoms with Gasteiger partial charge in [0, 0.05) is 16.8 Å². The number of carbonyl (C=O) groups is 1. The van der Waals surface area contributed by atoms with E-state index in [9.17, 15) is 13.2 Å². The topological polar surface area (TPSA) is 84.5 Å². The van der Waals surface area contributed by atoms with Gasteiger partial charge in [-0.25, -0.2) is 8.42 Å². The molecule has 1 amide bonds. The van der Waals surface area contributed by atoms with Crippen molar-refractivity contribution in [2.75, 3.05) is 11.8 Å². The summed E-state index contributed by atoms with van der Waals surface area (Å²) in [4.78, 5) is 12.8. The van der Waals surface area contributed by atoms with E-state index in [1.165, 1.54) is 24.3 Å². The maximum absolute atomic E-state index is 12.7. The van der Waals surface area contributed by atoms with Gasteiger partial charge in [0.15, 0.2) is 0 Å². The van der Waals surface area contributed by atoms with Crippen molar-refractivity contribution in [2.45, 2.75) is 30.7 Å². The minimum Gasteiger partial charge on any atom is -0.496 e. The highest BCUT2D eigenvalue weighted by Gasteiger charge is 2.24. The Kier molecular flexibility index (Phi) is 6.65. The summed E-state index contributed by atoms with van der Waals surface area (Å²) in [6.07, 6.45) is 0.580. The van der Waals surface area contributed by atoms with Crippen LogP contribution < -0.4 is 14.8 Å². The molecule has 6 nitrogen and oxygen atoms in total. The van der Waals surface area contributed by atoms with E-state index in [4.69, 9.17) is 4.74 Å². The van der Waals surface area contributed by atoms with Gasteiger partial charge < -0.3 is 10.1 Å². The average molecular weight is 439 g/mol. The fourth-order valence-electron chi connectivity index (χ4n) is 3.25. The third-order valence-corrected chi connectivity index (χ3v) is 6.13. The first-order chi connectivity index (χ1) is 14.7. The summed E-state index contributed by atoms with van der Waals surface area (Å²) in [6.45, 7) is 3.86. The molecule has 0 bridgehead atoms. The Labute approximate surface area is 183 Å². The van der Waals surface area contributed by atoms with Crippen LogP contribution in [0.5, 0.6) is 5.75 Å². The van der Waals surface area contributed by atoms with E-state index in [0.717, 1.165) is 11.3 Å². The summed E-state index contributed by atoms with van der Waals surface area (Å²) >= 11 is 0. The molecule has 2 N–H and O–H groups in total. The molecule has 0 saturated heterocycles. The fourth-order valence-corrected chi connectivity index (χ4v) is 4.31. The first-order valence-electron chi connectivity index (χ1n) is 9.82. The van der Waals surface area contributed by atoms with Crippen molar-refractivity contribution in [3.8, 4) is 5.75 Å². The average Bonchev–Trinajstić information content (AvgIpc) is 2.74. The minimum absolute atomic E-state index is 0.0844. The van der Waals surface area contributed by atoms with Crippen molar-refractivity contribution in [2.24, 2.45) is 0 Å². The smallest absolute Gasteiger partial charge is 0.261 e. The Morgan fingerprint density at radius 2 is 1.52 bits per heavy atom. The molecule has 0 fully saturated rings. The highest BCUT2D eigenvalue weighted by Crippen LogP contribution is 2.23. The molecule has 3 aromatic carbocycles. The number of hydrogen-bond donors (Lipinski definition) is 2. The predicted octanol–water partition coefficient (Wildman–Crippen LogP) is 4.25. The van der Waals surface area contributed by atoms with Crippen LogP contribution in [-0.4, -0.2) is 27.0 Å². The summed E-state index contributed by atoms with van der Waals surface area (Å²) in [5.74, 6) is 0.491. The Hall–Kier alpha value is -3.32. The quantitative estimate of drug-likeness (QED) is 0.551. The molecular weight excluding hydrogens is 412 g/mol. The molecule has 0 aliphatic carbocycles. The van der Waals surface area contributed by atoms with Crippen molar-refractivity contribution in [1.82, 2.24) is 5.32 Å². The molecule has 0 aromatic heterocycles. The second-order valence-electron chi connectivity index (χ2n) is 7.82. The van der Waals surface area contributed by atoms with Crippen LogP contribution in [0.3, 0.4) is 0 Å². The highest BCUT2D eigenvalue weighted by molar-refractivity contribution is 7.92. The summed E-state index contributed by atoms with van der Waals surface area (Å²) in [7, 11) is -2.12. The number of para-hydroxylation sites is 2. The fraction of sp³-hybridized carbons (Fsp3) is 0.208. The van der Waals surface area contributed by atoms with Gasteiger partial charge in [-0.1, -0.05) is 36.4 Å². The van der Waals surface area contributed by atoms with Crippen molar-refractivity contribution < 1.29 is 17.9 Å². The van der Waals surface area contributed by atoms with Crippen molar-refractivity contribution in [1.29, 1.82) is 0 Å². The Bertz CT molecular complexity index is 1140. The number of rotatable bonds is 8. The van der Waals surface area contributed by atoms with Crippen LogP contribution in [0.25, 0.3) is 0 Å². The lowest BCUT2D eigenvalue weighted by Gasteiger charge is -2.27.